The predicted molar refractivity (Wildman–Crippen MR) is 101 cm³/mol. The molecule has 3 nitrogen and oxygen atoms in total. The fourth-order valence-electron chi connectivity index (χ4n) is 7.08. The zero-order valence-corrected chi connectivity index (χ0v) is 16.6. The summed E-state index contributed by atoms with van der Waals surface area (Å²) in [5.41, 5.74) is 2.96. The molecule has 0 spiro atoms. The van der Waals surface area contributed by atoms with Crippen molar-refractivity contribution in [2.75, 3.05) is 0 Å². The number of carbonyl (C=O) groups is 2. The minimum Gasteiger partial charge on any atom is -0.462 e. The van der Waals surface area contributed by atoms with Gasteiger partial charge in [-0.3, -0.25) is 9.59 Å². The van der Waals surface area contributed by atoms with Gasteiger partial charge in [-0.15, -0.1) is 0 Å². The summed E-state index contributed by atoms with van der Waals surface area (Å²) in [5.74, 6) is 2.11. The van der Waals surface area contributed by atoms with Crippen LogP contribution in [0, 0.1) is 28.6 Å². The lowest BCUT2D eigenvalue weighted by Crippen LogP contribution is -2.50. The maximum Gasteiger partial charge on any atom is 0.302 e. The number of Topliss-reactive ketones (excluding diaryl/α,β-unsaturated/α-hetero) is 1. The van der Waals surface area contributed by atoms with Crippen LogP contribution in [-0.4, -0.2) is 17.9 Å². The summed E-state index contributed by atoms with van der Waals surface area (Å²) in [7, 11) is 0. The predicted octanol–water partition coefficient (Wildman–Crippen LogP) is 5.01. The maximum atomic E-state index is 12.2. The number of carbonyl (C=O) groups excluding carboxylic acids is 2. The largest absolute Gasteiger partial charge is 0.462 e. The Labute approximate surface area is 157 Å². The van der Waals surface area contributed by atoms with Crippen molar-refractivity contribution in [3.05, 3.63) is 23.3 Å². The Balaban J connectivity index is 1.59. The van der Waals surface area contributed by atoms with Gasteiger partial charge in [0.05, 0.1) is 0 Å². The molecule has 6 atom stereocenters. The molecule has 0 bridgehead atoms. The highest BCUT2D eigenvalue weighted by atomic mass is 16.5. The number of ketones is 1. The van der Waals surface area contributed by atoms with Crippen LogP contribution in [0.1, 0.15) is 72.6 Å². The summed E-state index contributed by atoms with van der Waals surface area (Å²) in [6.07, 6.45) is 12.3. The monoisotopic (exact) mass is 356 g/mol. The lowest BCUT2D eigenvalue weighted by molar-refractivity contribution is -0.148. The van der Waals surface area contributed by atoms with Gasteiger partial charge in [0, 0.05) is 13.3 Å². The zero-order valence-electron chi connectivity index (χ0n) is 16.6. The number of rotatable bonds is 2. The molecule has 0 aromatic rings. The molecule has 0 heterocycles. The van der Waals surface area contributed by atoms with Gasteiger partial charge in [-0.1, -0.05) is 31.6 Å². The fourth-order valence-corrected chi connectivity index (χ4v) is 7.08. The second-order valence-electron chi connectivity index (χ2n) is 9.60. The highest BCUT2D eigenvalue weighted by Crippen LogP contribution is 2.65. The van der Waals surface area contributed by atoms with Gasteiger partial charge in [0.2, 0.25) is 0 Å². The molecule has 4 aliphatic carbocycles. The van der Waals surface area contributed by atoms with Gasteiger partial charge in [0.1, 0.15) is 6.10 Å². The van der Waals surface area contributed by atoms with E-state index in [1.165, 1.54) is 18.9 Å². The van der Waals surface area contributed by atoms with E-state index in [0.717, 1.165) is 44.1 Å². The van der Waals surface area contributed by atoms with Crippen molar-refractivity contribution in [3.63, 3.8) is 0 Å². The van der Waals surface area contributed by atoms with Crippen LogP contribution in [0.4, 0.5) is 0 Å². The van der Waals surface area contributed by atoms with Gasteiger partial charge in [0.15, 0.2) is 5.78 Å². The van der Waals surface area contributed by atoms with E-state index in [1.54, 1.807) is 6.92 Å². The molecule has 0 unspecified atom stereocenters. The Hall–Kier alpha value is -1.38. The van der Waals surface area contributed by atoms with Gasteiger partial charge in [-0.25, -0.2) is 0 Å². The quantitative estimate of drug-likeness (QED) is 0.516. The number of hydrogen-bond donors (Lipinski definition) is 0. The first-order valence-corrected chi connectivity index (χ1v) is 10.3. The fraction of sp³-hybridized carbons (Fsp3) is 0.739. The molecule has 26 heavy (non-hydrogen) atoms. The summed E-state index contributed by atoms with van der Waals surface area (Å²) in [4.78, 5) is 23.5. The van der Waals surface area contributed by atoms with Gasteiger partial charge in [0.25, 0.3) is 0 Å². The smallest absolute Gasteiger partial charge is 0.302 e. The molecule has 0 aromatic heterocycles. The molecule has 4 aliphatic rings. The summed E-state index contributed by atoms with van der Waals surface area (Å²) in [6, 6.07) is 0. The third-order valence-corrected chi connectivity index (χ3v) is 8.35. The van der Waals surface area contributed by atoms with Crippen molar-refractivity contribution in [3.8, 4) is 0 Å². The Kier molecular flexibility index (Phi) is 4.20. The van der Waals surface area contributed by atoms with E-state index in [9.17, 15) is 9.59 Å². The molecular formula is C23H32O3. The molecule has 0 amide bonds. The van der Waals surface area contributed by atoms with Gasteiger partial charge >= 0.3 is 5.97 Å². The molecule has 0 radical (unpaired) electrons. The normalized spacial score (nSPS) is 44.2. The number of esters is 1. The van der Waals surface area contributed by atoms with E-state index >= 15 is 0 Å². The summed E-state index contributed by atoms with van der Waals surface area (Å²) >= 11 is 0. The zero-order chi connectivity index (χ0) is 18.7. The van der Waals surface area contributed by atoms with Crippen LogP contribution in [0.15, 0.2) is 23.3 Å². The van der Waals surface area contributed by atoms with Crippen LogP contribution < -0.4 is 0 Å². The van der Waals surface area contributed by atoms with E-state index in [1.807, 2.05) is 0 Å². The van der Waals surface area contributed by atoms with Crippen molar-refractivity contribution in [1.82, 2.24) is 0 Å². The number of hydrogen-bond acceptors (Lipinski definition) is 3. The van der Waals surface area contributed by atoms with Crippen LogP contribution in [-0.2, 0) is 14.3 Å². The van der Waals surface area contributed by atoms with E-state index < -0.39 is 0 Å². The molecule has 0 saturated heterocycles. The van der Waals surface area contributed by atoms with Crippen LogP contribution in [0.3, 0.4) is 0 Å². The van der Waals surface area contributed by atoms with Crippen LogP contribution >= 0.6 is 0 Å². The number of allylic oxidation sites excluding steroid dienone is 3. The SMILES string of the molecule is CC(=O)O[C@H]1CC[C@@]2(C)C(=CC[C@@H]3[C@H]4CC=C(C(C)=O)[C@@]4(C)CC[C@@H]32)C1. The highest BCUT2D eigenvalue weighted by Gasteiger charge is 2.57. The van der Waals surface area contributed by atoms with Gasteiger partial charge in [-0.05, 0) is 79.6 Å². The summed E-state index contributed by atoms with van der Waals surface area (Å²) in [5, 5.41) is 0. The second-order valence-corrected chi connectivity index (χ2v) is 9.60. The standard InChI is InChI=1S/C23H32O3/c1-14(24)19-7-8-20-18-6-5-16-13-17(26-15(2)25)9-11-22(16,3)21(18)10-12-23(19,20)4/h5,7,17-18,20-21H,6,8-13H2,1-4H3/t17-,18+,20+,21-,22-,23+/m0/s1. The molecule has 0 aromatic carbocycles. The third-order valence-electron chi connectivity index (χ3n) is 8.35. The average molecular weight is 357 g/mol. The van der Waals surface area contributed by atoms with Crippen molar-refractivity contribution >= 4 is 11.8 Å². The molecule has 4 rings (SSSR count). The first kappa shape index (κ1) is 18.0. The highest BCUT2D eigenvalue weighted by molar-refractivity contribution is 5.95. The lowest BCUT2D eigenvalue weighted by atomic mass is 9.47. The Bertz CT molecular complexity index is 702. The Morgan fingerprint density at radius 2 is 1.73 bits per heavy atom. The van der Waals surface area contributed by atoms with E-state index in [2.05, 4.69) is 26.0 Å². The van der Waals surface area contributed by atoms with Crippen LogP contribution in [0.2, 0.25) is 0 Å². The molecule has 142 valence electrons. The molecule has 0 N–H and O–H groups in total. The third kappa shape index (κ3) is 2.53. The van der Waals surface area contributed by atoms with E-state index in [0.29, 0.717) is 17.8 Å². The molecular weight excluding hydrogens is 324 g/mol. The Morgan fingerprint density at radius 3 is 2.42 bits per heavy atom. The Morgan fingerprint density at radius 1 is 1.00 bits per heavy atom. The topological polar surface area (TPSA) is 43.4 Å². The summed E-state index contributed by atoms with van der Waals surface area (Å²) < 4.78 is 5.52. The lowest BCUT2D eigenvalue weighted by Gasteiger charge is -2.57. The van der Waals surface area contributed by atoms with Crippen molar-refractivity contribution in [2.24, 2.45) is 28.6 Å². The minimum absolute atomic E-state index is 0.0645. The minimum atomic E-state index is -0.157. The first-order chi connectivity index (χ1) is 12.3. The number of ether oxygens (including phenoxy) is 1. The van der Waals surface area contributed by atoms with Crippen LogP contribution in [0.5, 0.6) is 0 Å². The van der Waals surface area contributed by atoms with Crippen molar-refractivity contribution in [2.45, 2.75) is 78.7 Å². The molecule has 3 heteroatoms. The van der Waals surface area contributed by atoms with Gasteiger partial charge in [-0.2, -0.15) is 0 Å². The number of fused-ring (bicyclic) bond motifs is 5. The molecule has 2 saturated carbocycles. The molecule has 0 aliphatic heterocycles. The van der Waals surface area contributed by atoms with E-state index in [-0.39, 0.29) is 28.7 Å². The van der Waals surface area contributed by atoms with Crippen molar-refractivity contribution in [1.29, 1.82) is 0 Å². The second kappa shape index (κ2) is 6.07. The summed E-state index contributed by atoms with van der Waals surface area (Å²) in [6.45, 7) is 8.05. The maximum absolute atomic E-state index is 12.2. The van der Waals surface area contributed by atoms with Crippen LogP contribution in [0.25, 0.3) is 0 Å². The first-order valence-electron chi connectivity index (χ1n) is 10.3. The van der Waals surface area contributed by atoms with Gasteiger partial charge < -0.3 is 4.74 Å². The molecule has 2 fully saturated rings. The average Bonchev–Trinajstić information content (AvgIpc) is 2.92. The van der Waals surface area contributed by atoms with E-state index in [4.69, 9.17) is 4.74 Å². The van der Waals surface area contributed by atoms with Crippen molar-refractivity contribution < 1.29 is 14.3 Å².